The van der Waals surface area contributed by atoms with Crippen molar-refractivity contribution >= 4 is 57.5 Å². The summed E-state index contributed by atoms with van der Waals surface area (Å²) in [4.78, 5) is 16.7. The second-order valence-corrected chi connectivity index (χ2v) is 7.09. The van der Waals surface area contributed by atoms with Gasteiger partial charge in [-0.15, -0.1) is 0 Å². The molecule has 0 unspecified atom stereocenters. The smallest absolute Gasteiger partial charge is 0.234 e. The number of halogens is 2. The van der Waals surface area contributed by atoms with Crippen molar-refractivity contribution in [3.63, 3.8) is 0 Å². The van der Waals surface area contributed by atoms with Crippen LogP contribution in [0.25, 0.3) is 10.9 Å². The van der Waals surface area contributed by atoms with Gasteiger partial charge in [0.1, 0.15) is 0 Å². The van der Waals surface area contributed by atoms with Gasteiger partial charge in [0.05, 0.1) is 27.0 Å². The summed E-state index contributed by atoms with van der Waals surface area (Å²) in [5.41, 5.74) is 2.62. The first-order chi connectivity index (χ1) is 11.5. The standard InChI is InChI=1S/C18H14Cl2N2OS/c1-11-8-18(22-15-5-3-2-4-13(11)15)24-10-17(23)21-16-7-6-12(19)9-14(16)20/h2-9H,10H2,1H3,(H,21,23). The average molecular weight is 377 g/mol. The lowest BCUT2D eigenvalue weighted by atomic mass is 10.1. The number of nitrogens with zero attached hydrogens (tertiary/aromatic N) is 1. The maximum Gasteiger partial charge on any atom is 0.234 e. The van der Waals surface area contributed by atoms with Gasteiger partial charge in [0, 0.05) is 10.4 Å². The molecule has 3 rings (SSSR count). The highest BCUT2D eigenvalue weighted by Crippen LogP contribution is 2.27. The maximum atomic E-state index is 12.1. The third-order valence-electron chi connectivity index (χ3n) is 3.46. The number of thioether (sulfide) groups is 1. The van der Waals surface area contributed by atoms with Gasteiger partial charge in [-0.2, -0.15) is 0 Å². The minimum atomic E-state index is -0.142. The molecule has 1 N–H and O–H groups in total. The molecule has 0 bridgehead atoms. The average Bonchev–Trinajstić information content (AvgIpc) is 2.56. The fourth-order valence-electron chi connectivity index (χ4n) is 2.31. The molecule has 1 amide bonds. The lowest BCUT2D eigenvalue weighted by Gasteiger charge is -2.08. The number of rotatable bonds is 4. The van der Waals surface area contributed by atoms with Crippen LogP contribution in [0.5, 0.6) is 0 Å². The Labute approximate surface area is 154 Å². The number of fused-ring (bicyclic) bond motifs is 1. The highest BCUT2D eigenvalue weighted by atomic mass is 35.5. The molecule has 122 valence electrons. The van der Waals surface area contributed by atoms with Crippen LogP contribution in [0.2, 0.25) is 10.0 Å². The molecule has 0 aliphatic heterocycles. The number of pyridine rings is 1. The van der Waals surface area contributed by atoms with Crippen LogP contribution in [-0.2, 0) is 4.79 Å². The lowest BCUT2D eigenvalue weighted by molar-refractivity contribution is -0.113. The van der Waals surface area contributed by atoms with Crippen LogP contribution in [-0.4, -0.2) is 16.6 Å². The normalized spacial score (nSPS) is 10.8. The zero-order valence-corrected chi connectivity index (χ0v) is 15.2. The number of hydrogen-bond donors (Lipinski definition) is 1. The first-order valence-corrected chi connectivity index (χ1v) is 9.01. The van der Waals surface area contributed by atoms with E-state index in [0.29, 0.717) is 15.7 Å². The summed E-state index contributed by atoms with van der Waals surface area (Å²) in [6, 6.07) is 14.9. The number of para-hydroxylation sites is 1. The summed E-state index contributed by atoms with van der Waals surface area (Å²) >= 11 is 13.3. The van der Waals surface area contributed by atoms with Gasteiger partial charge in [0.25, 0.3) is 0 Å². The van der Waals surface area contributed by atoms with Crippen LogP contribution in [0.15, 0.2) is 53.6 Å². The second-order valence-electron chi connectivity index (χ2n) is 5.26. The van der Waals surface area contributed by atoms with E-state index >= 15 is 0 Å². The third kappa shape index (κ3) is 4.01. The van der Waals surface area contributed by atoms with Crippen molar-refractivity contribution in [3.8, 4) is 0 Å². The van der Waals surface area contributed by atoms with Gasteiger partial charge in [0.2, 0.25) is 5.91 Å². The molecule has 0 spiro atoms. The molecule has 24 heavy (non-hydrogen) atoms. The van der Waals surface area contributed by atoms with Crippen molar-refractivity contribution in [2.45, 2.75) is 11.9 Å². The molecule has 0 saturated carbocycles. The Morgan fingerprint density at radius 2 is 1.96 bits per heavy atom. The number of carbonyl (C=O) groups excluding carboxylic acids is 1. The SMILES string of the molecule is Cc1cc(SCC(=O)Nc2ccc(Cl)cc2Cl)nc2ccccc12. The van der Waals surface area contributed by atoms with E-state index in [-0.39, 0.29) is 11.7 Å². The summed E-state index contributed by atoms with van der Waals surface area (Å²) < 4.78 is 0. The molecule has 0 fully saturated rings. The summed E-state index contributed by atoms with van der Waals surface area (Å²) in [6.45, 7) is 2.04. The highest BCUT2D eigenvalue weighted by molar-refractivity contribution is 7.99. The predicted molar refractivity (Wildman–Crippen MR) is 102 cm³/mol. The van der Waals surface area contributed by atoms with Crippen molar-refractivity contribution < 1.29 is 4.79 Å². The van der Waals surface area contributed by atoms with Gasteiger partial charge in [-0.25, -0.2) is 4.98 Å². The molecule has 1 heterocycles. The van der Waals surface area contributed by atoms with Crippen LogP contribution in [0.3, 0.4) is 0 Å². The van der Waals surface area contributed by atoms with Crippen molar-refractivity contribution in [2.75, 3.05) is 11.1 Å². The Kier molecular flexibility index (Phi) is 5.29. The second kappa shape index (κ2) is 7.43. The number of anilines is 1. The van der Waals surface area contributed by atoms with Gasteiger partial charge in [-0.3, -0.25) is 4.79 Å². The van der Waals surface area contributed by atoms with E-state index in [4.69, 9.17) is 23.2 Å². The molecule has 0 aliphatic rings. The van der Waals surface area contributed by atoms with Crippen molar-refractivity contribution in [2.24, 2.45) is 0 Å². The fourth-order valence-corrected chi connectivity index (χ4v) is 3.54. The number of carbonyl (C=O) groups is 1. The quantitative estimate of drug-likeness (QED) is 0.604. The first-order valence-electron chi connectivity index (χ1n) is 7.27. The van der Waals surface area contributed by atoms with E-state index < -0.39 is 0 Å². The van der Waals surface area contributed by atoms with Gasteiger partial charge < -0.3 is 5.32 Å². The van der Waals surface area contributed by atoms with Crippen molar-refractivity contribution in [1.82, 2.24) is 4.98 Å². The monoisotopic (exact) mass is 376 g/mol. The minimum absolute atomic E-state index is 0.142. The molecule has 1 aromatic heterocycles. The molecular formula is C18H14Cl2N2OS. The Balaban J connectivity index is 1.68. The van der Waals surface area contributed by atoms with Crippen LogP contribution in [0.4, 0.5) is 5.69 Å². The molecule has 2 aromatic carbocycles. The summed E-state index contributed by atoms with van der Waals surface area (Å²) in [5.74, 6) is 0.112. The fraction of sp³-hybridized carbons (Fsp3) is 0.111. The molecule has 6 heteroatoms. The first kappa shape index (κ1) is 17.1. The van der Waals surface area contributed by atoms with E-state index in [1.807, 2.05) is 37.3 Å². The van der Waals surface area contributed by atoms with Crippen molar-refractivity contribution in [3.05, 3.63) is 64.1 Å². The number of hydrogen-bond acceptors (Lipinski definition) is 3. The number of aryl methyl sites for hydroxylation is 1. The van der Waals surface area contributed by atoms with Crippen LogP contribution >= 0.6 is 35.0 Å². The molecule has 0 atom stereocenters. The molecule has 0 radical (unpaired) electrons. The van der Waals surface area contributed by atoms with E-state index in [1.54, 1.807) is 18.2 Å². The van der Waals surface area contributed by atoms with E-state index in [9.17, 15) is 4.79 Å². The maximum absolute atomic E-state index is 12.1. The largest absolute Gasteiger partial charge is 0.324 e. The van der Waals surface area contributed by atoms with E-state index in [2.05, 4.69) is 10.3 Å². The highest BCUT2D eigenvalue weighted by Gasteiger charge is 2.09. The Morgan fingerprint density at radius 3 is 2.75 bits per heavy atom. The Morgan fingerprint density at radius 1 is 1.17 bits per heavy atom. The Hall–Kier alpha value is -1.75. The summed E-state index contributed by atoms with van der Waals surface area (Å²) in [6.07, 6.45) is 0. The number of benzene rings is 2. The molecule has 3 aromatic rings. The molecule has 3 nitrogen and oxygen atoms in total. The lowest BCUT2D eigenvalue weighted by Crippen LogP contribution is -2.14. The third-order valence-corrected chi connectivity index (χ3v) is 4.92. The van der Waals surface area contributed by atoms with Gasteiger partial charge in [-0.05, 0) is 42.8 Å². The zero-order valence-electron chi connectivity index (χ0n) is 12.8. The van der Waals surface area contributed by atoms with Gasteiger partial charge in [-0.1, -0.05) is 53.2 Å². The van der Waals surface area contributed by atoms with Crippen LogP contribution in [0.1, 0.15) is 5.56 Å². The Bertz CT molecular complexity index is 915. The van der Waals surface area contributed by atoms with Crippen molar-refractivity contribution in [1.29, 1.82) is 0 Å². The van der Waals surface area contributed by atoms with Gasteiger partial charge in [0.15, 0.2) is 0 Å². The minimum Gasteiger partial charge on any atom is -0.324 e. The van der Waals surface area contributed by atoms with Crippen LogP contribution in [0, 0.1) is 6.92 Å². The van der Waals surface area contributed by atoms with E-state index in [0.717, 1.165) is 21.5 Å². The van der Waals surface area contributed by atoms with Crippen LogP contribution < -0.4 is 5.32 Å². The zero-order chi connectivity index (χ0) is 17.1. The summed E-state index contributed by atoms with van der Waals surface area (Å²) in [7, 11) is 0. The topological polar surface area (TPSA) is 42.0 Å². The molecule has 0 aliphatic carbocycles. The predicted octanol–water partition coefficient (Wildman–Crippen LogP) is 5.58. The number of aromatic nitrogens is 1. The molecular weight excluding hydrogens is 363 g/mol. The van der Waals surface area contributed by atoms with Gasteiger partial charge >= 0.3 is 0 Å². The summed E-state index contributed by atoms with van der Waals surface area (Å²) in [5, 5.41) is 5.68. The number of nitrogens with one attached hydrogen (secondary N) is 1. The molecule has 0 saturated heterocycles. The number of amides is 1. The van der Waals surface area contributed by atoms with E-state index in [1.165, 1.54) is 11.8 Å².